The van der Waals surface area contributed by atoms with Crippen LogP contribution in [-0.4, -0.2) is 4.57 Å². The quantitative estimate of drug-likeness (QED) is 0.739. The van der Waals surface area contributed by atoms with Crippen LogP contribution in [0.25, 0.3) is 16.6 Å². The van der Waals surface area contributed by atoms with E-state index in [1.165, 1.54) is 0 Å². The van der Waals surface area contributed by atoms with Gasteiger partial charge in [0.1, 0.15) is 0 Å². The lowest BCUT2D eigenvalue weighted by atomic mass is 10.0. The number of para-hydroxylation sites is 2. The zero-order valence-corrected chi connectivity index (χ0v) is 12.6. The zero-order valence-electron chi connectivity index (χ0n) is 12.6. The van der Waals surface area contributed by atoms with Crippen LogP contribution in [0.3, 0.4) is 0 Å². The van der Waals surface area contributed by atoms with E-state index in [4.69, 9.17) is 0 Å². The van der Waals surface area contributed by atoms with E-state index in [1.807, 2.05) is 48.5 Å². The Balaban J connectivity index is 2.37. The third-order valence-electron chi connectivity index (χ3n) is 3.92. The minimum absolute atomic E-state index is 0.124. The zero-order chi connectivity index (χ0) is 15.5. The molecule has 3 aromatic rings. The molecule has 0 aliphatic carbocycles. The Morgan fingerprint density at radius 1 is 1.00 bits per heavy atom. The highest BCUT2D eigenvalue weighted by Crippen LogP contribution is 2.26. The van der Waals surface area contributed by atoms with E-state index in [9.17, 15) is 9.90 Å². The molecule has 0 fully saturated rings. The molecule has 0 aliphatic heterocycles. The van der Waals surface area contributed by atoms with E-state index in [0.717, 1.165) is 18.5 Å². The van der Waals surface area contributed by atoms with E-state index < -0.39 is 0 Å². The second-order valence-electron chi connectivity index (χ2n) is 5.40. The first-order valence-electron chi connectivity index (χ1n) is 7.63. The monoisotopic (exact) mass is 292 g/mol. The second-order valence-corrected chi connectivity index (χ2v) is 5.40. The Kier molecular flexibility index (Phi) is 3.96. The summed E-state index contributed by atoms with van der Waals surface area (Å²) < 4.78 is 1.65. The van der Waals surface area contributed by atoms with Crippen molar-refractivity contribution in [2.24, 2.45) is 0 Å². The summed E-state index contributed by atoms with van der Waals surface area (Å²) in [4.78, 5) is 12.9. The molecular formula is C19H18NO2-. The molecule has 0 amide bonds. The molecular weight excluding hydrogens is 274 g/mol. The van der Waals surface area contributed by atoms with Crippen LogP contribution in [-0.2, 0) is 6.42 Å². The third-order valence-corrected chi connectivity index (χ3v) is 3.92. The van der Waals surface area contributed by atoms with Crippen molar-refractivity contribution in [3.63, 3.8) is 0 Å². The maximum atomic E-state index is 12.9. The number of nitrogens with zero attached hydrogens (tertiary/aromatic N) is 1. The molecule has 0 N–H and O–H groups in total. The Bertz CT molecular complexity index is 850. The lowest BCUT2D eigenvalue weighted by Crippen LogP contribution is -2.25. The van der Waals surface area contributed by atoms with E-state index in [-0.39, 0.29) is 11.3 Å². The first-order valence-corrected chi connectivity index (χ1v) is 7.63. The van der Waals surface area contributed by atoms with Crippen LogP contribution in [0.4, 0.5) is 0 Å². The fourth-order valence-electron chi connectivity index (χ4n) is 2.77. The molecule has 3 rings (SSSR count). The summed E-state index contributed by atoms with van der Waals surface area (Å²) in [7, 11) is 0. The smallest absolute Gasteiger partial charge is 0.258 e. The molecule has 0 radical (unpaired) electrons. The van der Waals surface area contributed by atoms with Crippen molar-refractivity contribution < 1.29 is 5.11 Å². The first-order chi connectivity index (χ1) is 10.7. The molecule has 0 bridgehead atoms. The minimum Gasteiger partial charge on any atom is -0.872 e. The normalized spacial score (nSPS) is 11.0. The van der Waals surface area contributed by atoms with Crippen molar-refractivity contribution in [1.82, 2.24) is 4.57 Å². The van der Waals surface area contributed by atoms with Crippen molar-refractivity contribution in [2.45, 2.75) is 26.2 Å². The highest BCUT2D eigenvalue weighted by Gasteiger charge is 2.12. The summed E-state index contributed by atoms with van der Waals surface area (Å²) in [6, 6.07) is 16.8. The molecule has 22 heavy (non-hydrogen) atoms. The number of benzene rings is 2. The lowest BCUT2D eigenvalue weighted by molar-refractivity contribution is -0.267. The summed E-state index contributed by atoms with van der Waals surface area (Å²) in [6.45, 7) is 2.06. The molecule has 3 heteroatoms. The van der Waals surface area contributed by atoms with Crippen molar-refractivity contribution in [3.05, 3.63) is 70.5 Å². The number of aromatic nitrogens is 1. The van der Waals surface area contributed by atoms with Crippen LogP contribution in [0.5, 0.6) is 5.75 Å². The minimum atomic E-state index is -0.191. The Morgan fingerprint density at radius 3 is 2.41 bits per heavy atom. The van der Waals surface area contributed by atoms with E-state index >= 15 is 0 Å². The molecule has 0 aliphatic rings. The molecule has 3 nitrogen and oxygen atoms in total. The molecule has 0 saturated heterocycles. The Hall–Kier alpha value is -2.55. The van der Waals surface area contributed by atoms with Gasteiger partial charge in [-0.1, -0.05) is 55.5 Å². The van der Waals surface area contributed by atoms with Crippen molar-refractivity contribution in [3.8, 4) is 11.4 Å². The number of fused-ring (bicyclic) bond motifs is 1. The molecule has 1 heterocycles. The second kappa shape index (κ2) is 6.06. The van der Waals surface area contributed by atoms with Gasteiger partial charge in [-0.25, -0.2) is 0 Å². The molecule has 0 atom stereocenters. The lowest BCUT2D eigenvalue weighted by Gasteiger charge is -2.20. The Labute approximate surface area is 129 Å². The largest absolute Gasteiger partial charge is 0.872 e. The Morgan fingerprint density at radius 2 is 1.68 bits per heavy atom. The predicted molar refractivity (Wildman–Crippen MR) is 87.6 cm³/mol. The molecule has 0 spiro atoms. The van der Waals surface area contributed by atoms with Crippen molar-refractivity contribution >= 4 is 10.9 Å². The summed E-state index contributed by atoms with van der Waals surface area (Å²) >= 11 is 0. The summed E-state index contributed by atoms with van der Waals surface area (Å²) in [5, 5.41) is 13.2. The van der Waals surface area contributed by atoms with Crippen LogP contribution in [0.15, 0.2) is 59.4 Å². The van der Waals surface area contributed by atoms with Gasteiger partial charge in [-0.2, -0.15) is 0 Å². The van der Waals surface area contributed by atoms with Crippen LogP contribution in [0.1, 0.15) is 25.3 Å². The SMILES string of the molecule is CCCCc1c([O-])c2ccccc2n(-c2ccccc2)c1=O. The first kappa shape index (κ1) is 14.4. The van der Waals surface area contributed by atoms with Crippen LogP contribution >= 0.6 is 0 Å². The summed E-state index contributed by atoms with van der Waals surface area (Å²) in [5.41, 5.74) is 1.66. The van der Waals surface area contributed by atoms with Gasteiger partial charge in [-0.15, -0.1) is 0 Å². The molecule has 0 saturated carbocycles. The third kappa shape index (κ3) is 2.39. The number of hydrogen-bond acceptors (Lipinski definition) is 2. The fraction of sp³-hybridized carbons (Fsp3) is 0.211. The number of hydrogen-bond donors (Lipinski definition) is 0. The standard InChI is InChI=1S/C19H19NO2/c1-2-3-11-16-18(21)15-12-7-8-13-17(15)20(19(16)22)14-9-5-4-6-10-14/h4-10,12-13,21H,2-3,11H2,1H3/p-1. The van der Waals surface area contributed by atoms with Gasteiger partial charge in [0.15, 0.2) is 0 Å². The predicted octanol–water partition coefficient (Wildman–Crippen LogP) is 3.41. The van der Waals surface area contributed by atoms with Gasteiger partial charge < -0.3 is 5.11 Å². The summed E-state index contributed by atoms with van der Waals surface area (Å²) in [6.07, 6.45) is 2.33. The van der Waals surface area contributed by atoms with E-state index in [2.05, 4.69) is 6.92 Å². The van der Waals surface area contributed by atoms with Gasteiger partial charge in [0.2, 0.25) is 0 Å². The van der Waals surface area contributed by atoms with Gasteiger partial charge in [0.05, 0.1) is 5.52 Å². The average molecular weight is 292 g/mol. The van der Waals surface area contributed by atoms with Gasteiger partial charge >= 0.3 is 0 Å². The molecule has 2 aromatic carbocycles. The van der Waals surface area contributed by atoms with E-state index in [0.29, 0.717) is 22.9 Å². The van der Waals surface area contributed by atoms with Gasteiger partial charge in [0.25, 0.3) is 5.56 Å². The van der Waals surface area contributed by atoms with Crippen molar-refractivity contribution in [2.75, 3.05) is 0 Å². The van der Waals surface area contributed by atoms with Gasteiger partial charge in [-0.05, 0) is 36.4 Å². The van der Waals surface area contributed by atoms with Crippen molar-refractivity contribution in [1.29, 1.82) is 0 Å². The highest BCUT2D eigenvalue weighted by atomic mass is 16.3. The highest BCUT2D eigenvalue weighted by molar-refractivity contribution is 5.87. The maximum absolute atomic E-state index is 12.9. The number of rotatable bonds is 4. The van der Waals surface area contributed by atoms with E-state index in [1.54, 1.807) is 10.6 Å². The van der Waals surface area contributed by atoms with Crippen LogP contribution in [0, 0.1) is 0 Å². The number of pyridine rings is 1. The molecule has 1 aromatic heterocycles. The topological polar surface area (TPSA) is 45.1 Å². The van der Waals surface area contributed by atoms with Gasteiger partial charge in [0, 0.05) is 11.3 Å². The fourth-order valence-corrected chi connectivity index (χ4v) is 2.77. The number of unbranched alkanes of at least 4 members (excludes halogenated alkanes) is 1. The summed E-state index contributed by atoms with van der Waals surface area (Å²) in [5.74, 6) is -0.124. The van der Waals surface area contributed by atoms with Crippen LogP contribution < -0.4 is 10.7 Å². The van der Waals surface area contributed by atoms with Crippen LogP contribution in [0.2, 0.25) is 0 Å². The maximum Gasteiger partial charge on any atom is 0.258 e. The molecule has 0 unspecified atom stereocenters. The van der Waals surface area contributed by atoms with Gasteiger partial charge in [-0.3, -0.25) is 9.36 Å². The molecule has 112 valence electrons. The average Bonchev–Trinajstić information content (AvgIpc) is 2.56.